The molecule has 1 atom stereocenters. The second-order valence-corrected chi connectivity index (χ2v) is 5.70. The van der Waals surface area contributed by atoms with E-state index in [4.69, 9.17) is 0 Å². The molecule has 1 nitrogen and oxygen atoms in total. The van der Waals surface area contributed by atoms with Gasteiger partial charge in [0.05, 0.1) is 6.10 Å². The molecule has 0 aromatic heterocycles. The lowest BCUT2D eigenvalue weighted by Crippen LogP contribution is -2.36. The maximum Gasteiger partial charge on any atom is 0.0601 e. The van der Waals surface area contributed by atoms with E-state index in [1.807, 2.05) is 0 Å². The highest BCUT2D eigenvalue weighted by Gasteiger charge is 2.34. The first kappa shape index (κ1) is 14.0. The Balaban J connectivity index is 4.52. The molecule has 0 fully saturated rings. The Morgan fingerprint density at radius 1 is 0.929 bits per heavy atom. The van der Waals surface area contributed by atoms with Crippen molar-refractivity contribution in [2.45, 2.75) is 73.3 Å². The van der Waals surface area contributed by atoms with E-state index in [-0.39, 0.29) is 16.9 Å². The molecule has 86 valence electrons. The van der Waals surface area contributed by atoms with Gasteiger partial charge in [-0.05, 0) is 36.5 Å². The van der Waals surface area contributed by atoms with Crippen molar-refractivity contribution in [3.63, 3.8) is 0 Å². The monoisotopic (exact) mass is 200 g/mol. The van der Waals surface area contributed by atoms with Gasteiger partial charge in [0, 0.05) is 0 Å². The normalized spacial score (nSPS) is 15.6. The zero-order chi connectivity index (χ0) is 11.4. The predicted molar refractivity (Wildman–Crippen MR) is 63.4 cm³/mol. The summed E-state index contributed by atoms with van der Waals surface area (Å²) in [4.78, 5) is 0. The molecule has 1 heteroatoms. The van der Waals surface area contributed by atoms with Crippen LogP contribution in [-0.2, 0) is 0 Å². The summed E-state index contributed by atoms with van der Waals surface area (Å²) in [5.41, 5.74) is 0.372. The molecule has 0 spiro atoms. The Morgan fingerprint density at radius 2 is 1.29 bits per heavy atom. The van der Waals surface area contributed by atoms with Gasteiger partial charge in [-0.15, -0.1) is 0 Å². The van der Waals surface area contributed by atoms with Crippen LogP contribution in [0.4, 0.5) is 0 Å². The van der Waals surface area contributed by atoms with Crippen molar-refractivity contribution in [3.8, 4) is 0 Å². The van der Waals surface area contributed by atoms with Crippen molar-refractivity contribution in [2.24, 2.45) is 10.8 Å². The summed E-state index contributed by atoms with van der Waals surface area (Å²) >= 11 is 0. The van der Waals surface area contributed by atoms with Gasteiger partial charge in [0.25, 0.3) is 0 Å². The van der Waals surface area contributed by atoms with E-state index in [0.717, 1.165) is 25.7 Å². The summed E-state index contributed by atoms with van der Waals surface area (Å²) in [6.45, 7) is 13.2. The van der Waals surface area contributed by atoms with Gasteiger partial charge in [0.15, 0.2) is 0 Å². The van der Waals surface area contributed by atoms with Crippen LogP contribution in [0.2, 0.25) is 0 Å². The molecule has 0 aliphatic carbocycles. The molecule has 0 saturated heterocycles. The summed E-state index contributed by atoms with van der Waals surface area (Å²) in [7, 11) is 0. The van der Waals surface area contributed by atoms with Crippen molar-refractivity contribution in [2.75, 3.05) is 0 Å². The first-order valence-electron chi connectivity index (χ1n) is 5.99. The number of hydrogen-bond acceptors (Lipinski definition) is 1. The average molecular weight is 200 g/mol. The summed E-state index contributed by atoms with van der Waals surface area (Å²) in [6.07, 6.45) is 4.00. The molecule has 0 saturated carbocycles. The van der Waals surface area contributed by atoms with E-state index in [9.17, 15) is 5.11 Å². The lowest BCUT2D eigenvalue weighted by atomic mass is 9.70. The number of rotatable bonds is 5. The van der Waals surface area contributed by atoms with Crippen LogP contribution in [-0.4, -0.2) is 11.2 Å². The Morgan fingerprint density at radius 3 is 1.50 bits per heavy atom. The molecule has 0 aromatic rings. The number of aliphatic hydroxyl groups excluding tert-OH is 1. The number of hydrogen-bond donors (Lipinski definition) is 1. The third kappa shape index (κ3) is 3.61. The lowest BCUT2D eigenvalue weighted by molar-refractivity contribution is -0.0126. The molecule has 14 heavy (non-hydrogen) atoms. The van der Waals surface area contributed by atoms with E-state index < -0.39 is 0 Å². The van der Waals surface area contributed by atoms with Crippen LogP contribution >= 0.6 is 0 Å². The standard InChI is InChI=1S/C13H28O/c1-7-13(8-2,9-3)11(14)10-12(4,5)6/h11,14H,7-10H2,1-6H3. The highest BCUT2D eigenvalue weighted by atomic mass is 16.3. The maximum atomic E-state index is 10.3. The van der Waals surface area contributed by atoms with Crippen molar-refractivity contribution in [1.29, 1.82) is 0 Å². The summed E-state index contributed by atoms with van der Waals surface area (Å²) < 4.78 is 0. The van der Waals surface area contributed by atoms with E-state index >= 15 is 0 Å². The lowest BCUT2D eigenvalue weighted by Gasteiger charge is -2.38. The largest absolute Gasteiger partial charge is 0.393 e. The fourth-order valence-electron chi connectivity index (χ4n) is 2.25. The van der Waals surface area contributed by atoms with Crippen LogP contribution in [0, 0.1) is 10.8 Å². The predicted octanol–water partition coefficient (Wildman–Crippen LogP) is 4.00. The van der Waals surface area contributed by atoms with Gasteiger partial charge in [-0.1, -0.05) is 41.5 Å². The Bertz CT molecular complexity index is 143. The van der Waals surface area contributed by atoms with Gasteiger partial charge in [-0.3, -0.25) is 0 Å². The number of aliphatic hydroxyl groups is 1. The second kappa shape index (κ2) is 5.16. The SMILES string of the molecule is CCC(CC)(CC)C(O)CC(C)(C)C. The zero-order valence-corrected chi connectivity index (χ0v) is 10.9. The van der Waals surface area contributed by atoms with E-state index in [1.165, 1.54) is 0 Å². The molecule has 0 rings (SSSR count). The van der Waals surface area contributed by atoms with E-state index in [1.54, 1.807) is 0 Å². The quantitative estimate of drug-likeness (QED) is 0.711. The third-order valence-corrected chi connectivity index (χ3v) is 3.62. The summed E-state index contributed by atoms with van der Waals surface area (Å²) in [6, 6.07) is 0. The first-order valence-corrected chi connectivity index (χ1v) is 5.99. The fraction of sp³-hybridized carbons (Fsp3) is 1.00. The maximum absolute atomic E-state index is 10.3. The molecule has 0 bridgehead atoms. The molecular weight excluding hydrogens is 172 g/mol. The highest BCUT2D eigenvalue weighted by Crippen LogP contribution is 2.39. The van der Waals surface area contributed by atoms with Crippen LogP contribution in [0.5, 0.6) is 0 Å². The summed E-state index contributed by atoms with van der Waals surface area (Å²) in [5.74, 6) is 0. The van der Waals surface area contributed by atoms with Crippen LogP contribution in [0.3, 0.4) is 0 Å². The van der Waals surface area contributed by atoms with Gasteiger partial charge in [-0.25, -0.2) is 0 Å². The van der Waals surface area contributed by atoms with Crippen molar-refractivity contribution >= 4 is 0 Å². The minimum Gasteiger partial charge on any atom is -0.393 e. The summed E-state index contributed by atoms with van der Waals surface area (Å²) in [5, 5.41) is 10.3. The molecule has 0 aromatic carbocycles. The smallest absolute Gasteiger partial charge is 0.0601 e. The molecule has 0 aliphatic rings. The average Bonchev–Trinajstić information content (AvgIpc) is 2.05. The third-order valence-electron chi connectivity index (χ3n) is 3.62. The molecule has 1 N–H and O–H groups in total. The Kier molecular flexibility index (Phi) is 5.14. The Labute approximate surface area is 89.9 Å². The highest BCUT2D eigenvalue weighted by molar-refractivity contribution is 4.85. The van der Waals surface area contributed by atoms with Crippen LogP contribution < -0.4 is 0 Å². The van der Waals surface area contributed by atoms with E-state index in [0.29, 0.717) is 0 Å². The molecule has 0 amide bonds. The van der Waals surface area contributed by atoms with Gasteiger partial charge >= 0.3 is 0 Å². The topological polar surface area (TPSA) is 20.2 Å². The van der Waals surface area contributed by atoms with E-state index in [2.05, 4.69) is 41.5 Å². The molecular formula is C13H28O. The van der Waals surface area contributed by atoms with Crippen LogP contribution in [0.25, 0.3) is 0 Å². The van der Waals surface area contributed by atoms with Crippen molar-refractivity contribution in [3.05, 3.63) is 0 Å². The minimum absolute atomic E-state index is 0.146. The molecule has 0 heterocycles. The van der Waals surface area contributed by atoms with Gasteiger partial charge in [0.2, 0.25) is 0 Å². The second-order valence-electron chi connectivity index (χ2n) is 5.70. The van der Waals surface area contributed by atoms with Gasteiger partial charge in [-0.2, -0.15) is 0 Å². The fourth-order valence-corrected chi connectivity index (χ4v) is 2.25. The Hall–Kier alpha value is -0.0400. The molecule has 1 unspecified atom stereocenters. The first-order chi connectivity index (χ1) is 6.31. The van der Waals surface area contributed by atoms with Crippen LogP contribution in [0.1, 0.15) is 67.2 Å². The zero-order valence-electron chi connectivity index (χ0n) is 10.9. The van der Waals surface area contributed by atoms with Gasteiger partial charge < -0.3 is 5.11 Å². The van der Waals surface area contributed by atoms with Crippen molar-refractivity contribution in [1.82, 2.24) is 0 Å². The van der Waals surface area contributed by atoms with Crippen molar-refractivity contribution < 1.29 is 5.11 Å². The minimum atomic E-state index is -0.150. The molecule has 0 aliphatic heterocycles. The molecule has 0 radical (unpaired) electrons. The van der Waals surface area contributed by atoms with Crippen LogP contribution in [0.15, 0.2) is 0 Å². The van der Waals surface area contributed by atoms with Gasteiger partial charge in [0.1, 0.15) is 0 Å².